The Balaban J connectivity index is 0.938. The van der Waals surface area contributed by atoms with E-state index in [4.69, 9.17) is 27.6 Å². The molecule has 0 atom stereocenters. The zero-order chi connectivity index (χ0) is 54.1. The Morgan fingerprint density at radius 3 is 1.47 bits per heavy atom. The molecule has 0 saturated carbocycles. The van der Waals surface area contributed by atoms with Gasteiger partial charge in [0.2, 0.25) is 0 Å². The smallest absolute Gasteiger partial charge is 0.143 e. The van der Waals surface area contributed by atoms with Gasteiger partial charge in [-0.2, -0.15) is 0 Å². The third-order valence-corrected chi connectivity index (χ3v) is 13.9. The fourth-order valence-corrected chi connectivity index (χ4v) is 10.0. The first-order chi connectivity index (χ1) is 38.4. The van der Waals surface area contributed by atoms with Crippen LogP contribution in [0.4, 0.5) is 0 Å². The third-order valence-electron chi connectivity index (χ3n) is 13.9. The lowest BCUT2D eigenvalue weighted by molar-refractivity contribution is 0.670. The fourth-order valence-electron chi connectivity index (χ4n) is 10.0. The third kappa shape index (κ3) is 9.51. The first-order valence-corrected chi connectivity index (χ1v) is 24.8. The average molecular weight is 946 g/mol. The van der Waals surface area contributed by atoms with Gasteiger partial charge >= 0.3 is 0 Å². The van der Waals surface area contributed by atoms with Crippen LogP contribution in [0.2, 0.25) is 0 Å². The van der Waals surface area contributed by atoms with E-state index in [1.54, 1.807) is 24.5 Å². The molecule has 0 saturated heterocycles. The number of aromatic nitrogens is 3. The van der Waals surface area contributed by atoms with Crippen molar-refractivity contribution in [1.29, 1.82) is 0 Å². The zero-order valence-corrected chi connectivity index (χ0v) is 40.1. The van der Waals surface area contributed by atoms with Crippen molar-refractivity contribution in [3.8, 4) is 78.3 Å². The second kappa shape index (κ2) is 20.0. The molecule has 0 unspecified atom stereocenters. The highest BCUT2D eigenvalue weighted by atomic mass is 16.3. The Morgan fingerprint density at radius 1 is 0.370 bits per heavy atom. The average Bonchev–Trinajstić information content (AvgIpc) is 3.92. The Kier molecular flexibility index (Phi) is 10.6. The van der Waals surface area contributed by atoms with Gasteiger partial charge in [-0.1, -0.05) is 182 Å². The molecule has 12 rings (SSSR count). The van der Waals surface area contributed by atoms with E-state index in [2.05, 4.69) is 115 Å². The van der Waals surface area contributed by atoms with Gasteiger partial charge in [-0.15, -0.1) is 0 Å². The van der Waals surface area contributed by atoms with Crippen LogP contribution < -0.4 is 0 Å². The van der Waals surface area contributed by atoms with Crippen molar-refractivity contribution in [2.24, 2.45) is 0 Å². The second-order valence-electron chi connectivity index (χ2n) is 18.6. The van der Waals surface area contributed by atoms with Crippen molar-refractivity contribution in [3.63, 3.8) is 0 Å². The predicted octanol–water partition coefficient (Wildman–Crippen LogP) is 17.6. The molecular weight excluding hydrogens is 887 g/mol. The van der Waals surface area contributed by atoms with Crippen molar-refractivity contribution in [2.75, 3.05) is 0 Å². The van der Waals surface area contributed by atoms with Gasteiger partial charge in [-0.3, -0.25) is 15.0 Å². The van der Waals surface area contributed by atoms with E-state index in [0.29, 0.717) is 48.2 Å². The van der Waals surface area contributed by atoms with Gasteiger partial charge in [-0.05, 0) is 148 Å². The molecule has 4 heterocycles. The van der Waals surface area contributed by atoms with E-state index >= 15 is 0 Å². The van der Waals surface area contributed by atoms with Crippen molar-refractivity contribution in [3.05, 3.63) is 270 Å². The molecular formula is C69H53N3O. The summed E-state index contributed by atoms with van der Waals surface area (Å²) in [4.78, 5) is 14.4. The molecule has 0 bridgehead atoms. The number of benzene rings is 8. The number of hydrogen-bond donors (Lipinski definition) is 0. The highest BCUT2D eigenvalue weighted by Crippen LogP contribution is 2.43. The number of furan rings is 1. The molecule has 0 aliphatic rings. The molecule has 73 heavy (non-hydrogen) atoms. The number of aryl methyl sites for hydroxylation is 6. The Labute approximate surface area is 435 Å². The summed E-state index contributed by atoms with van der Waals surface area (Å²) >= 11 is 0. The molecule has 0 N–H and O–H groups in total. The molecule has 0 aliphatic heterocycles. The van der Waals surface area contributed by atoms with Gasteiger partial charge in [0.25, 0.3) is 0 Å². The van der Waals surface area contributed by atoms with Crippen LogP contribution in [0.25, 0.3) is 100 Å². The van der Waals surface area contributed by atoms with Gasteiger partial charge in [0.1, 0.15) is 11.2 Å². The van der Waals surface area contributed by atoms with E-state index in [1.165, 1.54) is 5.56 Å². The maximum atomic E-state index is 8.59. The molecule has 0 fully saturated rings. The SMILES string of the molecule is [2H]C([2H])([2H])c1cc(-c2ccccc2)ncc1CCc1cc(CCc2cnc(-c3ccccc3)cc2C([2H])([2H])[2H])cc(-c2ccc3c(oc4ccccc43)c2-c2ccc(-c3cc(-c4ccc(-c5ccccc5)cc4)ccn3)cc2)c1. The molecule has 8 aromatic carbocycles. The van der Waals surface area contributed by atoms with Crippen LogP contribution in [0.3, 0.4) is 0 Å². The highest BCUT2D eigenvalue weighted by Gasteiger charge is 2.20. The molecule has 0 spiro atoms. The van der Waals surface area contributed by atoms with Gasteiger partial charge in [0.15, 0.2) is 0 Å². The van der Waals surface area contributed by atoms with Gasteiger partial charge < -0.3 is 4.42 Å². The zero-order valence-electron chi connectivity index (χ0n) is 46.1. The summed E-state index contributed by atoms with van der Waals surface area (Å²) in [5, 5.41) is 2.01. The maximum Gasteiger partial charge on any atom is 0.143 e. The van der Waals surface area contributed by atoms with E-state index < -0.39 is 13.7 Å². The number of para-hydroxylation sites is 1. The lowest BCUT2D eigenvalue weighted by atomic mass is 9.88. The molecule has 4 aromatic heterocycles. The van der Waals surface area contributed by atoms with E-state index in [1.807, 2.05) is 97.2 Å². The summed E-state index contributed by atoms with van der Waals surface area (Å²) in [5.74, 6) is 0. The Morgan fingerprint density at radius 2 is 0.863 bits per heavy atom. The largest absolute Gasteiger partial charge is 0.455 e. The van der Waals surface area contributed by atoms with Crippen LogP contribution >= 0.6 is 0 Å². The monoisotopic (exact) mass is 945 g/mol. The molecule has 0 aliphatic carbocycles. The Hall–Kier alpha value is -8.99. The van der Waals surface area contributed by atoms with Crippen molar-refractivity contribution in [2.45, 2.75) is 39.4 Å². The van der Waals surface area contributed by atoms with Crippen LogP contribution in [0.1, 0.15) is 41.6 Å². The molecule has 12 aromatic rings. The van der Waals surface area contributed by atoms with Gasteiger partial charge in [0.05, 0.1) is 17.1 Å². The first kappa shape index (κ1) is 38.7. The minimum Gasteiger partial charge on any atom is -0.455 e. The fraction of sp³-hybridized carbons (Fsp3) is 0.0870. The van der Waals surface area contributed by atoms with Gasteiger partial charge in [-0.25, -0.2) is 0 Å². The number of hydrogen-bond acceptors (Lipinski definition) is 4. The number of nitrogens with zero attached hydrogens (tertiary/aromatic N) is 3. The summed E-state index contributed by atoms with van der Waals surface area (Å²) in [6.07, 6.45) is 7.18. The van der Waals surface area contributed by atoms with Crippen LogP contribution in [-0.4, -0.2) is 15.0 Å². The highest BCUT2D eigenvalue weighted by molar-refractivity contribution is 6.12. The van der Waals surface area contributed by atoms with Crippen LogP contribution in [0.5, 0.6) is 0 Å². The number of rotatable bonds is 13. The van der Waals surface area contributed by atoms with E-state index in [-0.39, 0.29) is 11.1 Å². The second-order valence-corrected chi connectivity index (χ2v) is 18.6. The summed E-state index contributed by atoms with van der Waals surface area (Å²) in [5.41, 5.74) is 18.5. The predicted molar refractivity (Wildman–Crippen MR) is 302 cm³/mol. The first-order valence-electron chi connectivity index (χ1n) is 27.8. The lowest BCUT2D eigenvalue weighted by Gasteiger charge is -2.16. The maximum absolute atomic E-state index is 8.59. The van der Waals surface area contributed by atoms with Crippen molar-refractivity contribution < 1.29 is 12.6 Å². The van der Waals surface area contributed by atoms with E-state index in [0.717, 1.165) is 94.4 Å². The minimum atomic E-state index is -2.36. The van der Waals surface area contributed by atoms with Crippen LogP contribution in [0, 0.1) is 13.7 Å². The quantitative estimate of drug-likeness (QED) is 0.116. The summed E-state index contributed by atoms with van der Waals surface area (Å²) in [6.45, 7) is -4.72. The number of pyridine rings is 3. The summed E-state index contributed by atoms with van der Waals surface area (Å²) in [6, 6.07) is 73.3. The normalized spacial score (nSPS) is 12.9. The molecule has 350 valence electrons. The van der Waals surface area contributed by atoms with Crippen LogP contribution in [0.15, 0.2) is 241 Å². The summed E-state index contributed by atoms with van der Waals surface area (Å²) in [7, 11) is 0. The van der Waals surface area contributed by atoms with Crippen LogP contribution in [-0.2, 0) is 25.7 Å². The minimum absolute atomic E-state index is 0.280. The summed E-state index contributed by atoms with van der Waals surface area (Å²) < 4.78 is 58.4. The molecule has 0 radical (unpaired) electrons. The molecule has 4 heteroatoms. The molecule has 0 amide bonds. The number of fused-ring (bicyclic) bond motifs is 3. The Bertz CT molecular complexity index is 4010. The standard InChI is InChI=1S/C69H53N3O/c1-46-38-64(53-16-8-4-9-17-53)71-44-58(46)24-22-48-40-49(23-25-59-45-72-65(39-47(59)2)54-18-10-5-11-19-54)42-60(41-48)61-34-35-63-62-20-12-13-21-67(62)73-69(63)68(61)56-32-30-55(31-33-56)66-43-57(36-37-70-66)52-28-26-51(27-29-52)50-14-6-3-7-15-50/h3-21,26-45H,22-25H2,1-2H3/i1D3,2D3. The lowest BCUT2D eigenvalue weighted by Crippen LogP contribution is -2.01. The molecule has 4 nitrogen and oxygen atoms in total. The van der Waals surface area contributed by atoms with Crippen molar-refractivity contribution in [1.82, 2.24) is 15.0 Å². The van der Waals surface area contributed by atoms with E-state index in [9.17, 15) is 0 Å². The van der Waals surface area contributed by atoms with Gasteiger partial charge in [0, 0.05) is 59.8 Å². The topological polar surface area (TPSA) is 51.8 Å². The van der Waals surface area contributed by atoms with Crippen molar-refractivity contribution >= 4 is 21.9 Å².